The zero-order valence-electron chi connectivity index (χ0n) is 22.0. The summed E-state index contributed by atoms with van der Waals surface area (Å²) in [6.07, 6.45) is 2.27. The lowest BCUT2D eigenvalue weighted by atomic mass is 10.1. The van der Waals surface area contributed by atoms with Crippen molar-refractivity contribution < 1.29 is 18.0 Å². The molecule has 2 unspecified atom stereocenters. The van der Waals surface area contributed by atoms with Crippen molar-refractivity contribution in [2.45, 2.75) is 73.0 Å². The number of sulfonamides is 1. The van der Waals surface area contributed by atoms with E-state index in [0.717, 1.165) is 39.2 Å². The second-order valence-electron chi connectivity index (χ2n) is 9.31. The number of amides is 2. The standard InChI is InChI=1S/C27H39N3O4S/c1-8-22(6)28-27(32)24(9-2)29(17-23-14-11-19(3)12-15-23)26(31)18-30(35(7,33)34)25-16-20(4)10-13-21(25)5/h10-16,22,24H,8-9,17-18H2,1-7H3,(H,28,32). The number of nitrogens with one attached hydrogen (secondary N) is 1. The summed E-state index contributed by atoms with van der Waals surface area (Å²) in [7, 11) is -3.75. The van der Waals surface area contributed by atoms with Crippen LogP contribution in [0.5, 0.6) is 0 Å². The predicted octanol–water partition coefficient (Wildman–Crippen LogP) is 4.10. The first-order valence-corrected chi connectivity index (χ1v) is 13.9. The molecule has 0 saturated heterocycles. The molecule has 0 aromatic heterocycles. The Kier molecular flexibility index (Phi) is 9.89. The second kappa shape index (κ2) is 12.2. The highest BCUT2D eigenvalue weighted by Gasteiger charge is 2.32. The zero-order chi connectivity index (χ0) is 26.3. The van der Waals surface area contributed by atoms with E-state index in [1.165, 1.54) is 4.90 Å². The van der Waals surface area contributed by atoms with E-state index in [4.69, 9.17) is 0 Å². The molecule has 7 nitrogen and oxygen atoms in total. The molecule has 0 saturated carbocycles. The maximum Gasteiger partial charge on any atom is 0.244 e. The zero-order valence-corrected chi connectivity index (χ0v) is 22.8. The van der Waals surface area contributed by atoms with Gasteiger partial charge >= 0.3 is 0 Å². The van der Waals surface area contributed by atoms with Crippen LogP contribution in [-0.2, 0) is 26.2 Å². The fourth-order valence-electron chi connectivity index (χ4n) is 3.83. The van der Waals surface area contributed by atoms with Crippen LogP contribution in [0.2, 0.25) is 0 Å². The number of nitrogens with zero attached hydrogens (tertiary/aromatic N) is 2. The third-order valence-electron chi connectivity index (χ3n) is 6.17. The topological polar surface area (TPSA) is 86.8 Å². The lowest BCUT2D eigenvalue weighted by molar-refractivity contribution is -0.140. The molecule has 0 aliphatic rings. The van der Waals surface area contributed by atoms with Crippen LogP contribution in [0.15, 0.2) is 42.5 Å². The Labute approximate surface area is 210 Å². The van der Waals surface area contributed by atoms with Gasteiger partial charge in [0, 0.05) is 12.6 Å². The monoisotopic (exact) mass is 501 g/mol. The molecule has 35 heavy (non-hydrogen) atoms. The van der Waals surface area contributed by atoms with Gasteiger partial charge in [-0.25, -0.2) is 8.42 Å². The van der Waals surface area contributed by atoms with E-state index < -0.39 is 22.0 Å². The van der Waals surface area contributed by atoms with E-state index in [1.807, 2.05) is 77.9 Å². The third kappa shape index (κ3) is 7.82. The molecule has 2 aromatic rings. The van der Waals surface area contributed by atoms with E-state index in [1.54, 1.807) is 6.07 Å². The van der Waals surface area contributed by atoms with Crippen molar-refractivity contribution in [3.05, 3.63) is 64.7 Å². The number of benzene rings is 2. The highest BCUT2D eigenvalue weighted by molar-refractivity contribution is 7.92. The molecule has 0 spiro atoms. The van der Waals surface area contributed by atoms with Gasteiger partial charge in [0.2, 0.25) is 21.8 Å². The first kappa shape index (κ1) is 28.4. The normalized spacial score (nSPS) is 13.1. The molecule has 0 aliphatic carbocycles. The van der Waals surface area contributed by atoms with E-state index in [-0.39, 0.29) is 25.0 Å². The Morgan fingerprint density at radius 1 is 0.943 bits per heavy atom. The average molecular weight is 502 g/mol. The molecule has 192 valence electrons. The lowest BCUT2D eigenvalue weighted by Crippen LogP contribution is -2.53. The molecule has 2 rings (SSSR count). The van der Waals surface area contributed by atoms with Crippen molar-refractivity contribution in [1.29, 1.82) is 0 Å². The van der Waals surface area contributed by atoms with Gasteiger partial charge in [0.15, 0.2) is 0 Å². The van der Waals surface area contributed by atoms with Gasteiger partial charge in [0.25, 0.3) is 0 Å². The number of hydrogen-bond donors (Lipinski definition) is 1. The molecule has 0 heterocycles. The number of rotatable bonds is 11. The molecule has 8 heteroatoms. The van der Waals surface area contributed by atoms with Gasteiger partial charge in [-0.3, -0.25) is 13.9 Å². The molecular weight excluding hydrogens is 462 g/mol. The minimum Gasteiger partial charge on any atom is -0.352 e. The molecule has 0 fully saturated rings. The summed E-state index contributed by atoms with van der Waals surface area (Å²) < 4.78 is 26.7. The second-order valence-corrected chi connectivity index (χ2v) is 11.2. The molecule has 1 N–H and O–H groups in total. The Hall–Kier alpha value is -2.87. The van der Waals surface area contributed by atoms with Crippen molar-refractivity contribution >= 4 is 27.5 Å². The maximum absolute atomic E-state index is 13.7. The molecular formula is C27H39N3O4S. The van der Waals surface area contributed by atoms with Gasteiger partial charge in [0.05, 0.1) is 11.9 Å². The van der Waals surface area contributed by atoms with Crippen LogP contribution >= 0.6 is 0 Å². The molecule has 0 radical (unpaired) electrons. The summed E-state index contributed by atoms with van der Waals surface area (Å²) in [5, 5.41) is 2.98. The van der Waals surface area contributed by atoms with Gasteiger partial charge in [-0.1, -0.05) is 55.8 Å². The summed E-state index contributed by atoms with van der Waals surface area (Å²) in [5.74, 6) is -0.664. The van der Waals surface area contributed by atoms with E-state index >= 15 is 0 Å². The van der Waals surface area contributed by atoms with E-state index in [2.05, 4.69) is 5.32 Å². The highest BCUT2D eigenvalue weighted by atomic mass is 32.2. The Morgan fingerprint density at radius 3 is 2.09 bits per heavy atom. The number of carbonyl (C=O) groups excluding carboxylic acids is 2. The van der Waals surface area contributed by atoms with Crippen LogP contribution in [0.3, 0.4) is 0 Å². The van der Waals surface area contributed by atoms with Gasteiger partial charge in [-0.2, -0.15) is 0 Å². The predicted molar refractivity (Wildman–Crippen MR) is 142 cm³/mol. The van der Waals surface area contributed by atoms with Crippen molar-refractivity contribution in [3.8, 4) is 0 Å². The molecule has 0 bridgehead atoms. The number of anilines is 1. The lowest BCUT2D eigenvalue weighted by Gasteiger charge is -2.33. The van der Waals surface area contributed by atoms with Crippen molar-refractivity contribution in [2.75, 3.05) is 17.1 Å². The Morgan fingerprint density at radius 2 is 1.54 bits per heavy atom. The summed E-state index contributed by atoms with van der Waals surface area (Å²) in [6.45, 7) is 11.2. The molecule has 2 aromatic carbocycles. The van der Waals surface area contributed by atoms with Crippen LogP contribution in [-0.4, -0.2) is 50.0 Å². The van der Waals surface area contributed by atoms with Gasteiger partial charge < -0.3 is 10.2 Å². The molecule has 2 amide bonds. The summed E-state index contributed by atoms with van der Waals surface area (Å²) in [4.78, 5) is 28.4. The SMILES string of the molecule is CCC(C)NC(=O)C(CC)N(Cc1ccc(C)cc1)C(=O)CN(c1cc(C)ccc1C)S(C)(=O)=O. The first-order valence-electron chi connectivity index (χ1n) is 12.1. The van der Waals surface area contributed by atoms with Crippen LogP contribution in [0.4, 0.5) is 5.69 Å². The van der Waals surface area contributed by atoms with Crippen LogP contribution < -0.4 is 9.62 Å². The number of carbonyl (C=O) groups is 2. The Balaban J connectivity index is 2.47. The molecule has 2 atom stereocenters. The van der Waals surface area contributed by atoms with Crippen molar-refractivity contribution in [2.24, 2.45) is 0 Å². The smallest absolute Gasteiger partial charge is 0.244 e. The van der Waals surface area contributed by atoms with Crippen LogP contribution in [0.1, 0.15) is 55.9 Å². The largest absolute Gasteiger partial charge is 0.352 e. The summed E-state index contributed by atoms with van der Waals surface area (Å²) >= 11 is 0. The van der Waals surface area contributed by atoms with Crippen LogP contribution in [0, 0.1) is 20.8 Å². The van der Waals surface area contributed by atoms with E-state index in [0.29, 0.717) is 12.1 Å². The fourth-order valence-corrected chi connectivity index (χ4v) is 4.73. The maximum atomic E-state index is 13.7. The number of aryl methyl sites for hydroxylation is 3. The highest BCUT2D eigenvalue weighted by Crippen LogP contribution is 2.25. The van der Waals surface area contributed by atoms with Crippen LogP contribution in [0.25, 0.3) is 0 Å². The van der Waals surface area contributed by atoms with E-state index in [9.17, 15) is 18.0 Å². The summed E-state index contributed by atoms with van der Waals surface area (Å²) in [5.41, 5.74) is 4.07. The quantitative estimate of drug-likeness (QED) is 0.502. The number of hydrogen-bond acceptors (Lipinski definition) is 4. The van der Waals surface area contributed by atoms with Gasteiger partial charge in [0.1, 0.15) is 12.6 Å². The first-order chi connectivity index (χ1) is 16.4. The fraction of sp³-hybridized carbons (Fsp3) is 0.481. The molecule has 0 aliphatic heterocycles. The van der Waals surface area contributed by atoms with Gasteiger partial charge in [-0.05, 0) is 63.3 Å². The minimum absolute atomic E-state index is 0.0321. The Bertz CT molecular complexity index is 1130. The average Bonchev–Trinajstić information content (AvgIpc) is 2.79. The summed E-state index contributed by atoms with van der Waals surface area (Å²) in [6, 6.07) is 12.5. The third-order valence-corrected chi connectivity index (χ3v) is 7.30. The van der Waals surface area contributed by atoms with Crippen molar-refractivity contribution in [3.63, 3.8) is 0 Å². The van der Waals surface area contributed by atoms with Gasteiger partial charge in [-0.15, -0.1) is 0 Å². The van der Waals surface area contributed by atoms with Crippen molar-refractivity contribution in [1.82, 2.24) is 10.2 Å². The minimum atomic E-state index is -3.75.